The molecule has 1 unspecified atom stereocenters. The summed E-state index contributed by atoms with van der Waals surface area (Å²) in [6.07, 6.45) is 6.46. The SMILES string of the molecule is CC(C)C[C@H]1ON(C(=O)OCc2ccccc2)C2CN(C3CCN(C)CC3)C(=O)[C@H](CC3CCCCC3)N2C1=O. The molecule has 3 heterocycles. The third-order valence-corrected chi connectivity index (χ3v) is 9.11. The summed E-state index contributed by atoms with van der Waals surface area (Å²) < 4.78 is 5.73. The van der Waals surface area contributed by atoms with Crippen LogP contribution in [0, 0.1) is 11.8 Å². The monoisotopic (exact) mass is 554 g/mol. The molecule has 0 radical (unpaired) electrons. The van der Waals surface area contributed by atoms with E-state index in [4.69, 9.17) is 9.57 Å². The van der Waals surface area contributed by atoms with Crippen molar-refractivity contribution >= 4 is 17.9 Å². The quantitative estimate of drug-likeness (QED) is 0.497. The molecule has 4 fully saturated rings. The normalized spacial score (nSPS) is 27.3. The topological polar surface area (TPSA) is 82.6 Å². The van der Waals surface area contributed by atoms with Crippen LogP contribution in [-0.2, 0) is 25.8 Å². The van der Waals surface area contributed by atoms with Gasteiger partial charge < -0.3 is 19.4 Å². The molecule has 5 rings (SSSR count). The van der Waals surface area contributed by atoms with Gasteiger partial charge in [-0.05, 0) is 63.2 Å². The van der Waals surface area contributed by atoms with Crippen LogP contribution in [0.25, 0.3) is 0 Å². The van der Waals surface area contributed by atoms with Crippen LogP contribution in [0.2, 0.25) is 0 Å². The largest absolute Gasteiger partial charge is 0.443 e. The number of piperidine rings is 1. The van der Waals surface area contributed by atoms with Gasteiger partial charge in [-0.25, -0.2) is 4.79 Å². The average Bonchev–Trinajstić information content (AvgIpc) is 2.96. The lowest BCUT2D eigenvalue weighted by Crippen LogP contribution is -2.74. The van der Waals surface area contributed by atoms with E-state index in [-0.39, 0.29) is 36.9 Å². The van der Waals surface area contributed by atoms with Gasteiger partial charge in [0, 0.05) is 6.04 Å². The summed E-state index contributed by atoms with van der Waals surface area (Å²) in [7, 11) is 2.11. The first-order valence-corrected chi connectivity index (χ1v) is 15.3. The molecule has 1 aliphatic carbocycles. The number of fused-ring (bicyclic) bond motifs is 1. The van der Waals surface area contributed by atoms with Crippen LogP contribution in [0.1, 0.15) is 77.2 Å². The zero-order valence-corrected chi connectivity index (χ0v) is 24.4. The number of carbonyl (C=O) groups excluding carboxylic acids is 3. The number of hydrogen-bond acceptors (Lipinski definition) is 6. The maximum atomic E-state index is 14.2. The number of hydroxylamine groups is 2. The molecule has 9 nitrogen and oxygen atoms in total. The maximum Gasteiger partial charge on any atom is 0.436 e. The van der Waals surface area contributed by atoms with E-state index >= 15 is 0 Å². The van der Waals surface area contributed by atoms with Crippen LogP contribution in [-0.4, -0.2) is 88.7 Å². The molecule has 1 aromatic rings. The Morgan fingerprint density at radius 3 is 2.38 bits per heavy atom. The van der Waals surface area contributed by atoms with E-state index in [0.29, 0.717) is 18.8 Å². The van der Waals surface area contributed by atoms with E-state index in [0.717, 1.165) is 44.3 Å². The lowest BCUT2D eigenvalue weighted by Gasteiger charge is -2.55. The Balaban J connectivity index is 1.44. The van der Waals surface area contributed by atoms with Crippen LogP contribution in [0.4, 0.5) is 4.79 Å². The highest BCUT2D eigenvalue weighted by Crippen LogP contribution is 2.37. The predicted molar refractivity (Wildman–Crippen MR) is 151 cm³/mol. The minimum absolute atomic E-state index is 0.0347. The molecule has 0 N–H and O–H groups in total. The van der Waals surface area contributed by atoms with Crippen LogP contribution < -0.4 is 0 Å². The predicted octanol–water partition coefficient (Wildman–Crippen LogP) is 4.42. The Bertz CT molecular complexity index is 1020. The number of piperazine rings is 1. The second-order valence-corrected chi connectivity index (χ2v) is 12.6. The van der Waals surface area contributed by atoms with Crippen molar-refractivity contribution in [2.75, 3.05) is 26.7 Å². The number of ether oxygens (including phenoxy) is 1. The lowest BCUT2D eigenvalue weighted by molar-refractivity contribution is -0.271. The van der Waals surface area contributed by atoms with E-state index in [1.165, 1.54) is 24.3 Å². The fraction of sp³-hybridized carbons (Fsp3) is 0.710. The molecule has 4 aliphatic rings. The van der Waals surface area contributed by atoms with E-state index in [9.17, 15) is 14.4 Å². The van der Waals surface area contributed by atoms with Gasteiger partial charge >= 0.3 is 6.09 Å². The van der Waals surface area contributed by atoms with Crippen molar-refractivity contribution in [2.45, 2.75) is 103 Å². The molecule has 3 amide bonds. The molecule has 1 aromatic carbocycles. The molecule has 220 valence electrons. The first-order chi connectivity index (χ1) is 19.3. The Kier molecular flexibility index (Phi) is 9.31. The number of rotatable bonds is 7. The van der Waals surface area contributed by atoms with Gasteiger partial charge in [-0.15, -0.1) is 0 Å². The molecular formula is C31H46N4O5. The Hall–Kier alpha value is -2.65. The summed E-state index contributed by atoms with van der Waals surface area (Å²) in [5.41, 5.74) is 0.876. The molecule has 3 atom stereocenters. The fourth-order valence-corrected chi connectivity index (χ4v) is 6.89. The highest BCUT2D eigenvalue weighted by Gasteiger charge is 2.54. The first-order valence-electron chi connectivity index (χ1n) is 15.3. The number of hydrogen-bond donors (Lipinski definition) is 0. The summed E-state index contributed by atoms with van der Waals surface area (Å²) >= 11 is 0. The van der Waals surface area contributed by atoms with Crippen molar-refractivity contribution in [3.05, 3.63) is 35.9 Å². The minimum Gasteiger partial charge on any atom is -0.443 e. The van der Waals surface area contributed by atoms with E-state index in [1.807, 2.05) is 49.1 Å². The van der Waals surface area contributed by atoms with Crippen molar-refractivity contribution in [1.29, 1.82) is 0 Å². The summed E-state index contributed by atoms with van der Waals surface area (Å²) in [5.74, 6) is 0.440. The molecule has 0 bridgehead atoms. The second kappa shape index (κ2) is 12.9. The van der Waals surface area contributed by atoms with Crippen molar-refractivity contribution in [1.82, 2.24) is 19.8 Å². The molecular weight excluding hydrogens is 508 g/mol. The Morgan fingerprint density at radius 1 is 1.00 bits per heavy atom. The van der Waals surface area contributed by atoms with Crippen molar-refractivity contribution in [2.24, 2.45) is 11.8 Å². The van der Waals surface area contributed by atoms with E-state index < -0.39 is 24.4 Å². The minimum atomic E-state index is -0.822. The zero-order chi connectivity index (χ0) is 28.2. The highest BCUT2D eigenvalue weighted by molar-refractivity contribution is 5.92. The van der Waals surface area contributed by atoms with Gasteiger partial charge in [0.15, 0.2) is 12.3 Å². The number of amides is 3. The smallest absolute Gasteiger partial charge is 0.436 e. The molecule has 40 heavy (non-hydrogen) atoms. The average molecular weight is 555 g/mol. The highest BCUT2D eigenvalue weighted by atomic mass is 16.7. The molecule has 1 saturated carbocycles. The van der Waals surface area contributed by atoms with Crippen LogP contribution in [0.3, 0.4) is 0 Å². The van der Waals surface area contributed by atoms with Gasteiger partial charge in [0.1, 0.15) is 12.6 Å². The third-order valence-electron chi connectivity index (χ3n) is 9.11. The van der Waals surface area contributed by atoms with Gasteiger partial charge in [-0.3, -0.25) is 14.4 Å². The first kappa shape index (κ1) is 28.9. The van der Waals surface area contributed by atoms with E-state index in [2.05, 4.69) is 11.9 Å². The molecule has 0 aromatic heterocycles. The van der Waals surface area contributed by atoms with Gasteiger partial charge in [-0.1, -0.05) is 76.3 Å². The van der Waals surface area contributed by atoms with Crippen LogP contribution >= 0.6 is 0 Å². The van der Waals surface area contributed by atoms with E-state index in [1.54, 1.807) is 4.90 Å². The van der Waals surface area contributed by atoms with Gasteiger partial charge in [-0.2, -0.15) is 5.06 Å². The van der Waals surface area contributed by atoms with Gasteiger partial charge in [0.05, 0.1) is 6.54 Å². The summed E-state index contributed by atoms with van der Waals surface area (Å²) in [6.45, 7) is 6.26. The fourth-order valence-electron chi connectivity index (χ4n) is 6.89. The molecule has 9 heteroatoms. The summed E-state index contributed by atoms with van der Waals surface area (Å²) in [5, 5.41) is 1.28. The number of nitrogens with zero attached hydrogens (tertiary/aromatic N) is 4. The van der Waals surface area contributed by atoms with Gasteiger partial charge in [0.2, 0.25) is 5.91 Å². The molecule has 0 spiro atoms. The zero-order valence-electron chi connectivity index (χ0n) is 24.4. The Morgan fingerprint density at radius 2 is 1.70 bits per heavy atom. The molecule has 3 saturated heterocycles. The standard InChI is InChI=1S/C31H46N4O5/c1-22(2)18-27-30(37)34-26(19-23-10-6-4-7-11-23)29(36)33(25-14-16-32(3)17-15-25)20-28(34)35(40-27)31(38)39-21-24-12-8-5-9-13-24/h5,8-9,12-13,22-23,25-28H,4,6-7,10-11,14-21H2,1-3H3/t26-,27+,28?/m0/s1. The summed E-state index contributed by atoms with van der Waals surface area (Å²) in [4.78, 5) is 54.0. The number of carbonyl (C=O) groups is 3. The summed E-state index contributed by atoms with van der Waals surface area (Å²) in [6, 6.07) is 9.04. The molecule has 3 aliphatic heterocycles. The lowest BCUT2D eigenvalue weighted by atomic mass is 9.83. The van der Waals surface area contributed by atoms with Gasteiger partial charge in [0.25, 0.3) is 5.91 Å². The Labute approximate surface area is 238 Å². The number of likely N-dealkylation sites (tertiary alicyclic amines) is 1. The van der Waals surface area contributed by atoms with Crippen molar-refractivity contribution in [3.63, 3.8) is 0 Å². The second-order valence-electron chi connectivity index (χ2n) is 12.6. The van der Waals surface area contributed by atoms with Crippen molar-refractivity contribution in [3.8, 4) is 0 Å². The van der Waals surface area contributed by atoms with Crippen LogP contribution in [0.15, 0.2) is 30.3 Å². The number of benzene rings is 1. The van der Waals surface area contributed by atoms with Crippen molar-refractivity contribution < 1.29 is 24.0 Å². The van der Waals surface area contributed by atoms with Crippen LogP contribution in [0.5, 0.6) is 0 Å². The third kappa shape index (κ3) is 6.46. The maximum absolute atomic E-state index is 14.2.